The molecule has 0 atom stereocenters. The highest BCUT2D eigenvalue weighted by molar-refractivity contribution is 9.11. The minimum atomic E-state index is -1.35. The van der Waals surface area contributed by atoms with Crippen molar-refractivity contribution in [3.8, 4) is 10.6 Å². The fourth-order valence-electron chi connectivity index (χ4n) is 2.01. The highest BCUT2D eigenvalue weighted by Crippen LogP contribution is 2.21. The number of halogens is 1. The van der Waals surface area contributed by atoms with Gasteiger partial charge >= 0.3 is 7.12 Å². The van der Waals surface area contributed by atoms with E-state index in [1.807, 2.05) is 36.0 Å². The predicted octanol–water partition coefficient (Wildman–Crippen LogP) is 5.34. The summed E-state index contributed by atoms with van der Waals surface area (Å²) in [5, 5.41) is 22.3. The third-order valence-corrected chi connectivity index (χ3v) is 5.65. The van der Waals surface area contributed by atoms with E-state index in [1.54, 1.807) is 41.0 Å². The van der Waals surface area contributed by atoms with E-state index in [0.29, 0.717) is 5.46 Å². The topological polar surface area (TPSA) is 66.2 Å². The normalized spacial score (nSPS) is 9.28. The molecule has 0 spiro atoms. The first-order valence-electron chi connectivity index (χ1n) is 8.40. The summed E-state index contributed by atoms with van der Waals surface area (Å²) in [6, 6.07) is 15.5. The SMILES string of the molecule is Brc1nccs1.C.Cc1ccc(-c2nccs2)cc1.Cc1ccc(B(O)O)cc1. The van der Waals surface area contributed by atoms with Gasteiger partial charge < -0.3 is 10.0 Å². The van der Waals surface area contributed by atoms with Crippen LogP contribution in [0.5, 0.6) is 0 Å². The number of hydrogen-bond donors (Lipinski definition) is 2. The summed E-state index contributed by atoms with van der Waals surface area (Å²) in [7, 11) is -1.35. The molecule has 0 aliphatic rings. The lowest BCUT2D eigenvalue weighted by Crippen LogP contribution is -2.29. The van der Waals surface area contributed by atoms with Crippen LogP contribution in [0.1, 0.15) is 18.6 Å². The van der Waals surface area contributed by atoms with Crippen LogP contribution < -0.4 is 5.46 Å². The van der Waals surface area contributed by atoms with E-state index < -0.39 is 7.12 Å². The summed E-state index contributed by atoms with van der Waals surface area (Å²) < 4.78 is 0.947. The maximum Gasteiger partial charge on any atom is 0.488 e. The Balaban J connectivity index is 0.000000225. The van der Waals surface area contributed by atoms with Gasteiger partial charge in [0, 0.05) is 28.7 Å². The first-order valence-corrected chi connectivity index (χ1v) is 10.9. The maximum absolute atomic E-state index is 8.67. The van der Waals surface area contributed by atoms with E-state index in [0.717, 1.165) is 14.5 Å². The molecule has 0 saturated carbocycles. The van der Waals surface area contributed by atoms with Gasteiger partial charge in [-0.3, -0.25) is 0 Å². The first-order chi connectivity index (χ1) is 13.5. The molecule has 2 aromatic heterocycles. The van der Waals surface area contributed by atoms with Crippen LogP contribution in [0.25, 0.3) is 10.6 Å². The molecule has 8 heteroatoms. The second-order valence-electron chi connectivity index (χ2n) is 5.77. The van der Waals surface area contributed by atoms with Gasteiger partial charge in [-0.2, -0.15) is 0 Å². The van der Waals surface area contributed by atoms with Crippen LogP contribution in [0.15, 0.2) is 75.6 Å². The summed E-state index contributed by atoms with van der Waals surface area (Å²) in [6.45, 7) is 4.04. The molecule has 0 amide bonds. The van der Waals surface area contributed by atoms with Crippen LogP contribution in [0.4, 0.5) is 0 Å². The first kappa shape index (κ1) is 25.2. The average Bonchev–Trinajstić information content (AvgIpc) is 3.38. The van der Waals surface area contributed by atoms with Crippen LogP contribution in [0.2, 0.25) is 0 Å². The second-order valence-corrected chi connectivity index (χ2v) is 8.84. The van der Waals surface area contributed by atoms with Crippen molar-refractivity contribution in [2.45, 2.75) is 21.3 Å². The molecule has 2 aromatic carbocycles. The molecular formula is C21H24BBrN2O2S2. The van der Waals surface area contributed by atoms with Crippen LogP contribution in [-0.4, -0.2) is 27.1 Å². The lowest BCUT2D eigenvalue weighted by molar-refractivity contribution is 0.426. The van der Waals surface area contributed by atoms with Gasteiger partial charge in [0.15, 0.2) is 3.92 Å². The zero-order chi connectivity index (χ0) is 20.4. The van der Waals surface area contributed by atoms with Crippen LogP contribution >= 0.6 is 38.6 Å². The van der Waals surface area contributed by atoms with Crippen molar-refractivity contribution in [3.05, 3.63) is 86.7 Å². The predicted molar refractivity (Wildman–Crippen MR) is 130 cm³/mol. The lowest BCUT2D eigenvalue weighted by atomic mass is 9.80. The molecule has 4 rings (SSSR count). The maximum atomic E-state index is 8.67. The minimum Gasteiger partial charge on any atom is -0.423 e. The van der Waals surface area contributed by atoms with Crippen molar-refractivity contribution < 1.29 is 10.0 Å². The van der Waals surface area contributed by atoms with E-state index in [2.05, 4.69) is 57.1 Å². The van der Waals surface area contributed by atoms with E-state index in [1.165, 1.54) is 11.1 Å². The summed E-state index contributed by atoms with van der Waals surface area (Å²) in [5.74, 6) is 0. The molecule has 0 aliphatic heterocycles. The third kappa shape index (κ3) is 9.47. The van der Waals surface area contributed by atoms with Gasteiger partial charge in [-0.25, -0.2) is 9.97 Å². The van der Waals surface area contributed by atoms with Crippen LogP contribution in [0.3, 0.4) is 0 Å². The van der Waals surface area contributed by atoms with Crippen LogP contribution in [0, 0.1) is 13.8 Å². The van der Waals surface area contributed by atoms with Gasteiger partial charge in [-0.15, -0.1) is 22.7 Å². The molecule has 4 aromatic rings. The molecular weight excluding hydrogens is 467 g/mol. The molecule has 152 valence electrons. The Bertz CT molecular complexity index is 915. The van der Waals surface area contributed by atoms with E-state index >= 15 is 0 Å². The van der Waals surface area contributed by atoms with Crippen LogP contribution in [-0.2, 0) is 0 Å². The third-order valence-electron chi connectivity index (χ3n) is 3.51. The van der Waals surface area contributed by atoms with E-state index in [9.17, 15) is 0 Å². The smallest absolute Gasteiger partial charge is 0.423 e. The zero-order valence-corrected chi connectivity index (χ0v) is 18.7. The van der Waals surface area contributed by atoms with Crippen molar-refractivity contribution in [2.75, 3.05) is 0 Å². The molecule has 0 unspecified atom stereocenters. The molecule has 0 aliphatic carbocycles. The van der Waals surface area contributed by atoms with Crippen molar-refractivity contribution in [2.24, 2.45) is 0 Å². The van der Waals surface area contributed by atoms with E-state index in [-0.39, 0.29) is 7.43 Å². The van der Waals surface area contributed by atoms with Gasteiger partial charge in [0.1, 0.15) is 5.01 Å². The van der Waals surface area contributed by atoms with Crippen molar-refractivity contribution in [1.29, 1.82) is 0 Å². The van der Waals surface area contributed by atoms with Crippen molar-refractivity contribution in [1.82, 2.24) is 9.97 Å². The molecule has 4 nitrogen and oxygen atoms in total. The largest absolute Gasteiger partial charge is 0.488 e. The number of hydrogen-bond acceptors (Lipinski definition) is 6. The van der Waals surface area contributed by atoms with Crippen molar-refractivity contribution >= 4 is 51.2 Å². The Morgan fingerprint density at radius 2 is 1.31 bits per heavy atom. The van der Waals surface area contributed by atoms with Gasteiger partial charge in [-0.05, 0) is 35.2 Å². The number of benzene rings is 2. The van der Waals surface area contributed by atoms with Gasteiger partial charge in [0.25, 0.3) is 0 Å². The Labute approximate surface area is 189 Å². The van der Waals surface area contributed by atoms with Crippen molar-refractivity contribution in [3.63, 3.8) is 0 Å². The molecule has 29 heavy (non-hydrogen) atoms. The lowest BCUT2D eigenvalue weighted by Gasteiger charge is -1.97. The van der Waals surface area contributed by atoms with Gasteiger partial charge in [-0.1, -0.05) is 67.1 Å². The molecule has 2 N–H and O–H groups in total. The monoisotopic (exact) mass is 490 g/mol. The standard InChI is InChI=1S/C10H9NS.C7H9BO2.C3H2BrNS.CH4/c1-8-2-4-9(5-3-8)10-11-6-7-12-10;1-6-2-4-7(5-3-6)8(9)10;4-3-5-1-2-6-3;/h2-7H,1H3;2-5,9-10H,1H3;1-2H;1H4. The fraction of sp³-hybridized carbons (Fsp3) is 0.143. The number of thiazole rings is 2. The van der Waals surface area contributed by atoms with Gasteiger partial charge in [0.05, 0.1) is 0 Å². The highest BCUT2D eigenvalue weighted by Gasteiger charge is 2.08. The number of aryl methyl sites for hydroxylation is 2. The molecule has 0 radical (unpaired) electrons. The Kier molecular flexibility index (Phi) is 11.6. The average molecular weight is 491 g/mol. The fourth-order valence-corrected chi connectivity index (χ4v) is 3.45. The Hall–Kier alpha value is -1.84. The molecule has 0 saturated heterocycles. The van der Waals surface area contributed by atoms with E-state index in [4.69, 9.17) is 10.0 Å². The number of aromatic nitrogens is 2. The minimum absolute atomic E-state index is 0. The number of rotatable bonds is 2. The molecule has 0 fully saturated rings. The number of nitrogens with zero attached hydrogens (tertiary/aromatic N) is 2. The quantitative estimate of drug-likeness (QED) is 0.372. The summed E-state index contributed by atoms with van der Waals surface area (Å²) >= 11 is 6.44. The zero-order valence-electron chi connectivity index (χ0n) is 15.5. The molecule has 2 heterocycles. The Morgan fingerprint density at radius 1 is 0.793 bits per heavy atom. The molecule has 0 bridgehead atoms. The summed E-state index contributed by atoms with van der Waals surface area (Å²) in [5.41, 5.74) is 4.14. The summed E-state index contributed by atoms with van der Waals surface area (Å²) in [6.07, 6.45) is 3.59. The Morgan fingerprint density at radius 3 is 1.69 bits per heavy atom. The highest BCUT2D eigenvalue weighted by atomic mass is 79.9. The summed E-state index contributed by atoms with van der Waals surface area (Å²) in [4.78, 5) is 8.09. The second kappa shape index (κ2) is 13.4. The van der Waals surface area contributed by atoms with Gasteiger partial charge in [0.2, 0.25) is 0 Å².